The average molecular weight is 562 g/mol. The Morgan fingerprint density at radius 3 is 2.62 bits per heavy atom. The largest absolute Gasteiger partial charge is 0.383 e. The first-order valence-corrected chi connectivity index (χ1v) is 12.7. The number of nitrogens with zero attached hydrogens (tertiary/aromatic N) is 5. The van der Waals surface area contributed by atoms with Gasteiger partial charge in [0, 0.05) is 30.1 Å². The first-order chi connectivity index (χ1) is 19.0. The van der Waals surface area contributed by atoms with E-state index < -0.39 is 5.82 Å². The summed E-state index contributed by atoms with van der Waals surface area (Å²) in [6.07, 6.45) is 3.31. The molecule has 0 unspecified atom stereocenters. The number of fused-ring (bicyclic) bond motifs is 1. The molecule has 2 heterocycles. The Kier molecular flexibility index (Phi) is 7.89. The second-order valence-electron chi connectivity index (χ2n) is 8.65. The Bertz CT molecular complexity index is 1670. The summed E-state index contributed by atoms with van der Waals surface area (Å²) >= 11 is 12.7. The molecular formula is C28H22Cl2FN7O. The van der Waals surface area contributed by atoms with E-state index in [0.717, 1.165) is 5.56 Å². The van der Waals surface area contributed by atoms with Crippen LogP contribution in [0.5, 0.6) is 0 Å². The smallest absolute Gasteiger partial charge is 0.141 e. The maximum Gasteiger partial charge on any atom is 0.141 e. The van der Waals surface area contributed by atoms with Gasteiger partial charge in [-0.25, -0.2) is 9.07 Å². The summed E-state index contributed by atoms with van der Waals surface area (Å²) in [6, 6.07) is 19.5. The Morgan fingerprint density at radius 1 is 1.08 bits per heavy atom. The SMILES string of the molecule is COCCn1cc([C@@H](Nc2cc(Cl)c3ncc(C#N)c(Nc4ccc(F)c(Cl)c4)c3c2)c2ccccc2)nn1. The molecule has 5 rings (SSSR count). The monoisotopic (exact) mass is 561 g/mol. The molecule has 0 fully saturated rings. The Balaban J connectivity index is 1.58. The van der Waals surface area contributed by atoms with Gasteiger partial charge in [-0.15, -0.1) is 5.10 Å². The molecule has 2 N–H and O–H groups in total. The molecule has 3 aromatic carbocycles. The summed E-state index contributed by atoms with van der Waals surface area (Å²) in [5.41, 5.74) is 4.11. The zero-order valence-corrected chi connectivity index (χ0v) is 22.2. The third kappa shape index (κ3) is 5.78. The first kappa shape index (κ1) is 26.4. The van der Waals surface area contributed by atoms with Crippen LogP contribution in [0.4, 0.5) is 21.5 Å². The number of hydrogen-bond donors (Lipinski definition) is 2. The van der Waals surface area contributed by atoms with Crippen molar-refractivity contribution in [3.63, 3.8) is 0 Å². The van der Waals surface area contributed by atoms with Gasteiger partial charge >= 0.3 is 0 Å². The zero-order valence-electron chi connectivity index (χ0n) is 20.7. The molecule has 39 heavy (non-hydrogen) atoms. The molecule has 1 atom stereocenters. The molecule has 0 aliphatic heterocycles. The number of methoxy groups -OCH3 is 1. The molecule has 0 saturated carbocycles. The number of rotatable bonds is 9. The first-order valence-electron chi connectivity index (χ1n) is 11.9. The number of halogens is 3. The molecule has 11 heteroatoms. The minimum Gasteiger partial charge on any atom is -0.383 e. The lowest BCUT2D eigenvalue weighted by Crippen LogP contribution is -2.13. The number of benzene rings is 3. The molecule has 0 spiro atoms. The summed E-state index contributed by atoms with van der Waals surface area (Å²) in [7, 11) is 1.63. The molecule has 0 bridgehead atoms. The molecule has 0 aliphatic carbocycles. The second-order valence-corrected chi connectivity index (χ2v) is 9.47. The van der Waals surface area contributed by atoms with Crippen LogP contribution in [0.3, 0.4) is 0 Å². The van der Waals surface area contributed by atoms with Gasteiger partial charge in [-0.05, 0) is 35.9 Å². The fraction of sp³-hybridized carbons (Fsp3) is 0.143. The van der Waals surface area contributed by atoms with Crippen LogP contribution in [0.1, 0.15) is 22.9 Å². The Hall–Kier alpha value is -4.23. The van der Waals surface area contributed by atoms with Gasteiger partial charge in [0.05, 0.1) is 52.2 Å². The van der Waals surface area contributed by atoms with Crippen LogP contribution in [0, 0.1) is 17.1 Å². The van der Waals surface area contributed by atoms with E-state index >= 15 is 0 Å². The topological polar surface area (TPSA) is 101 Å². The highest BCUT2D eigenvalue weighted by molar-refractivity contribution is 6.36. The number of aromatic nitrogens is 4. The Morgan fingerprint density at radius 2 is 1.87 bits per heavy atom. The van der Waals surface area contributed by atoms with Crippen molar-refractivity contribution in [2.45, 2.75) is 12.6 Å². The second kappa shape index (κ2) is 11.7. The summed E-state index contributed by atoms with van der Waals surface area (Å²) in [5, 5.41) is 26.1. The van der Waals surface area contributed by atoms with E-state index in [1.165, 1.54) is 24.4 Å². The normalized spacial score (nSPS) is 11.8. The summed E-state index contributed by atoms with van der Waals surface area (Å²) in [5.74, 6) is -0.539. The van der Waals surface area contributed by atoms with Crippen LogP contribution in [-0.4, -0.2) is 33.7 Å². The molecule has 0 radical (unpaired) electrons. The predicted molar refractivity (Wildman–Crippen MR) is 150 cm³/mol. The maximum absolute atomic E-state index is 13.7. The highest BCUT2D eigenvalue weighted by Crippen LogP contribution is 2.37. The van der Waals surface area contributed by atoms with Crippen molar-refractivity contribution in [2.75, 3.05) is 24.4 Å². The zero-order chi connectivity index (χ0) is 27.4. The Labute approximate surface area is 234 Å². The van der Waals surface area contributed by atoms with E-state index in [1.807, 2.05) is 42.6 Å². The van der Waals surface area contributed by atoms with Crippen LogP contribution in [0.25, 0.3) is 10.9 Å². The lowest BCUT2D eigenvalue weighted by molar-refractivity contribution is 0.183. The van der Waals surface area contributed by atoms with E-state index in [9.17, 15) is 9.65 Å². The van der Waals surface area contributed by atoms with E-state index in [1.54, 1.807) is 17.9 Å². The van der Waals surface area contributed by atoms with Crippen LogP contribution in [0.15, 0.2) is 73.1 Å². The minimum absolute atomic E-state index is 0.0403. The van der Waals surface area contributed by atoms with Crippen molar-refractivity contribution in [2.24, 2.45) is 0 Å². The van der Waals surface area contributed by atoms with Crippen LogP contribution < -0.4 is 10.6 Å². The maximum atomic E-state index is 13.7. The molecule has 196 valence electrons. The lowest BCUT2D eigenvalue weighted by atomic mass is 10.0. The van der Waals surface area contributed by atoms with Crippen LogP contribution in [0.2, 0.25) is 10.0 Å². The fourth-order valence-corrected chi connectivity index (χ4v) is 4.61. The van der Waals surface area contributed by atoms with Crippen LogP contribution in [-0.2, 0) is 11.3 Å². The van der Waals surface area contributed by atoms with E-state index in [2.05, 4.69) is 32.0 Å². The van der Waals surface area contributed by atoms with Gasteiger partial charge in [-0.1, -0.05) is 58.7 Å². The van der Waals surface area contributed by atoms with Crippen molar-refractivity contribution in [1.29, 1.82) is 5.26 Å². The molecule has 0 amide bonds. The van der Waals surface area contributed by atoms with Crippen LogP contribution >= 0.6 is 23.2 Å². The molecule has 2 aromatic heterocycles. The van der Waals surface area contributed by atoms with Gasteiger partial charge in [-0.3, -0.25) is 4.98 Å². The van der Waals surface area contributed by atoms with E-state index in [4.69, 9.17) is 27.9 Å². The molecular weight excluding hydrogens is 540 g/mol. The minimum atomic E-state index is -0.539. The number of anilines is 3. The van der Waals surface area contributed by atoms with E-state index in [-0.39, 0.29) is 16.6 Å². The third-order valence-corrected chi connectivity index (χ3v) is 6.63. The van der Waals surface area contributed by atoms with Crippen molar-refractivity contribution in [3.8, 4) is 6.07 Å². The van der Waals surface area contributed by atoms with Gasteiger partial charge in [0.2, 0.25) is 0 Å². The molecule has 0 saturated heterocycles. The third-order valence-electron chi connectivity index (χ3n) is 6.05. The number of ether oxygens (including phenoxy) is 1. The average Bonchev–Trinajstić information content (AvgIpc) is 3.42. The van der Waals surface area contributed by atoms with Gasteiger partial charge < -0.3 is 15.4 Å². The van der Waals surface area contributed by atoms with Gasteiger partial charge in [0.25, 0.3) is 0 Å². The number of hydrogen-bond acceptors (Lipinski definition) is 7. The van der Waals surface area contributed by atoms with Gasteiger partial charge in [-0.2, -0.15) is 5.26 Å². The van der Waals surface area contributed by atoms with Crippen molar-refractivity contribution >= 4 is 51.2 Å². The number of pyridine rings is 1. The predicted octanol–water partition coefficient (Wildman–Crippen LogP) is 6.74. The fourth-order valence-electron chi connectivity index (χ4n) is 4.16. The standard InChI is InChI=1S/C28H22Cl2FN7O/c1-39-10-9-38-16-25(36-37-38)27(17-5-3-2-4-6-17)35-20-11-21-26(34-19-7-8-24(31)22(29)12-19)18(14-32)15-33-28(21)23(30)13-20/h2-8,11-13,15-16,27,35H,9-10H2,1H3,(H,33,34)/t27-/m0/s1. The quantitative estimate of drug-likeness (QED) is 0.205. The lowest BCUT2D eigenvalue weighted by Gasteiger charge is -2.20. The van der Waals surface area contributed by atoms with E-state index in [0.29, 0.717) is 51.8 Å². The summed E-state index contributed by atoms with van der Waals surface area (Å²) in [4.78, 5) is 4.41. The highest BCUT2D eigenvalue weighted by Gasteiger charge is 2.20. The summed E-state index contributed by atoms with van der Waals surface area (Å²) in [6.45, 7) is 1.08. The van der Waals surface area contributed by atoms with Crippen molar-refractivity contribution in [1.82, 2.24) is 20.0 Å². The van der Waals surface area contributed by atoms with Gasteiger partial charge in [0.15, 0.2) is 0 Å². The summed E-state index contributed by atoms with van der Waals surface area (Å²) < 4.78 is 20.6. The van der Waals surface area contributed by atoms with Crippen molar-refractivity contribution in [3.05, 3.63) is 106 Å². The van der Waals surface area contributed by atoms with Gasteiger partial charge in [0.1, 0.15) is 17.6 Å². The molecule has 5 aromatic rings. The molecule has 8 nitrogen and oxygen atoms in total. The number of nitriles is 1. The van der Waals surface area contributed by atoms with Crippen molar-refractivity contribution < 1.29 is 9.13 Å². The number of nitrogens with one attached hydrogen (secondary N) is 2. The molecule has 0 aliphatic rings. The highest BCUT2D eigenvalue weighted by atomic mass is 35.5.